The second kappa shape index (κ2) is 4.45. The first kappa shape index (κ1) is 12.2. The quantitative estimate of drug-likeness (QED) is 0.905. The van der Waals surface area contributed by atoms with Crippen molar-refractivity contribution >= 4 is 16.6 Å². The van der Waals surface area contributed by atoms with Crippen LogP contribution in [-0.4, -0.2) is 17.6 Å². The maximum Gasteiger partial charge on any atom is 0.0758 e. The van der Waals surface area contributed by atoms with Crippen molar-refractivity contribution in [3.63, 3.8) is 0 Å². The van der Waals surface area contributed by atoms with Crippen LogP contribution in [-0.2, 0) is 17.8 Å². The van der Waals surface area contributed by atoms with Gasteiger partial charge in [-0.1, -0.05) is 12.1 Å². The molecule has 3 heteroatoms. The summed E-state index contributed by atoms with van der Waals surface area (Å²) in [6.07, 6.45) is 3.49. The van der Waals surface area contributed by atoms with Crippen LogP contribution < -0.4 is 5.32 Å². The van der Waals surface area contributed by atoms with Crippen LogP contribution in [0, 0.1) is 13.8 Å². The fourth-order valence-electron chi connectivity index (χ4n) is 2.96. The highest BCUT2D eigenvalue weighted by Gasteiger charge is 2.26. The number of rotatable bonds is 2. The minimum atomic E-state index is 0.647. The van der Waals surface area contributed by atoms with Gasteiger partial charge in [-0.05, 0) is 37.8 Å². The molecular formula is C17H20N2O. The first-order chi connectivity index (χ1) is 9.74. The smallest absolute Gasteiger partial charge is 0.0758 e. The molecule has 0 radical (unpaired) electrons. The largest absolute Gasteiger partial charge is 0.381 e. The van der Waals surface area contributed by atoms with Crippen LogP contribution in [0.5, 0.6) is 0 Å². The predicted octanol–water partition coefficient (Wildman–Crippen LogP) is 3.50. The average molecular weight is 268 g/mol. The molecule has 4 rings (SSSR count). The molecular weight excluding hydrogens is 248 g/mol. The Morgan fingerprint density at radius 2 is 2.10 bits per heavy atom. The number of benzene rings is 1. The number of hydrogen-bond donors (Lipinski definition) is 1. The van der Waals surface area contributed by atoms with E-state index in [1.807, 2.05) is 0 Å². The minimum absolute atomic E-state index is 0.647. The Bertz CT molecular complexity index is 689. The molecule has 0 atom stereocenters. The first-order valence-corrected chi connectivity index (χ1v) is 7.50. The van der Waals surface area contributed by atoms with Gasteiger partial charge in [-0.2, -0.15) is 0 Å². The van der Waals surface area contributed by atoms with Crippen molar-refractivity contribution in [3.05, 3.63) is 34.5 Å². The fraction of sp³-hybridized carbons (Fsp3) is 0.471. The molecule has 1 aliphatic carbocycles. The highest BCUT2D eigenvalue weighted by Crippen LogP contribution is 2.36. The zero-order valence-electron chi connectivity index (χ0n) is 12.1. The van der Waals surface area contributed by atoms with Crippen molar-refractivity contribution in [3.8, 4) is 0 Å². The molecule has 0 unspecified atom stereocenters. The number of ether oxygens (including phenoxy) is 1. The molecule has 1 N–H and O–H groups in total. The van der Waals surface area contributed by atoms with Crippen LogP contribution >= 0.6 is 0 Å². The minimum Gasteiger partial charge on any atom is -0.381 e. The maximum atomic E-state index is 5.66. The molecule has 1 fully saturated rings. The molecule has 0 saturated heterocycles. The monoisotopic (exact) mass is 268 g/mol. The number of aromatic nitrogens is 1. The Kier molecular flexibility index (Phi) is 2.71. The van der Waals surface area contributed by atoms with E-state index < -0.39 is 0 Å². The van der Waals surface area contributed by atoms with E-state index in [0.29, 0.717) is 12.6 Å². The lowest BCUT2D eigenvalue weighted by molar-refractivity contribution is 0.110. The molecule has 104 valence electrons. The number of nitrogens with one attached hydrogen (secondary N) is 1. The van der Waals surface area contributed by atoms with E-state index in [9.17, 15) is 0 Å². The molecule has 2 heterocycles. The van der Waals surface area contributed by atoms with Crippen molar-refractivity contribution in [1.29, 1.82) is 0 Å². The highest BCUT2D eigenvalue weighted by atomic mass is 16.5. The summed E-state index contributed by atoms with van der Waals surface area (Å²) >= 11 is 0. The van der Waals surface area contributed by atoms with Crippen molar-refractivity contribution < 1.29 is 4.74 Å². The molecule has 1 aromatic carbocycles. The van der Waals surface area contributed by atoms with E-state index in [4.69, 9.17) is 9.72 Å². The second-order valence-corrected chi connectivity index (χ2v) is 6.04. The number of aryl methyl sites for hydroxylation is 2. The van der Waals surface area contributed by atoms with Gasteiger partial charge in [-0.3, -0.25) is 4.98 Å². The topological polar surface area (TPSA) is 34.2 Å². The molecule has 0 spiro atoms. The Morgan fingerprint density at radius 1 is 1.25 bits per heavy atom. The molecule has 20 heavy (non-hydrogen) atoms. The average Bonchev–Trinajstić information content (AvgIpc) is 3.27. The molecule has 2 aliphatic rings. The number of nitrogens with zero attached hydrogens (tertiary/aromatic N) is 1. The van der Waals surface area contributed by atoms with E-state index in [2.05, 4.69) is 31.3 Å². The van der Waals surface area contributed by atoms with Crippen LogP contribution in [0.1, 0.15) is 35.2 Å². The molecule has 1 aliphatic heterocycles. The van der Waals surface area contributed by atoms with Gasteiger partial charge < -0.3 is 10.1 Å². The summed E-state index contributed by atoms with van der Waals surface area (Å²) in [6, 6.07) is 5.06. The van der Waals surface area contributed by atoms with E-state index >= 15 is 0 Å². The Labute approximate surface area is 119 Å². The second-order valence-electron chi connectivity index (χ2n) is 6.04. The lowest BCUT2D eigenvalue weighted by atomic mass is 9.98. The van der Waals surface area contributed by atoms with Gasteiger partial charge in [0.05, 0.1) is 30.1 Å². The zero-order chi connectivity index (χ0) is 13.7. The standard InChI is InChI=1S/C17H20N2O/c1-10-3-6-13-16(11(10)2)19-15-7-8-20-9-14(15)17(13)18-12-4-5-12/h3,6,12H,4-5,7-9H2,1-2H3,(H,18,19). The summed E-state index contributed by atoms with van der Waals surface area (Å²) in [5, 5.41) is 4.97. The number of anilines is 1. The third-order valence-corrected chi connectivity index (χ3v) is 4.52. The third kappa shape index (κ3) is 1.88. The number of hydrogen-bond acceptors (Lipinski definition) is 3. The summed E-state index contributed by atoms with van der Waals surface area (Å²) in [4.78, 5) is 4.94. The van der Waals surface area contributed by atoms with Gasteiger partial charge in [0.25, 0.3) is 0 Å². The van der Waals surface area contributed by atoms with Gasteiger partial charge in [-0.15, -0.1) is 0 Å². The maximum absolute atomic E-state index is 5.66. The van der Waals surface area contributed by atoms with Gasteiger partial charge in [0.2, 0.25) is 0 Å². The lowest BCUT2D eigenvalue weighted by Gasteiger charge is -2.23. The lowest BCUT2D eigenvalue weighted by Crippen LogP contribution is -2.16. The van der Waals surface area contributed by atoms with E-state index in [-0.39, 0.29) is 0 Å². The van der Waals surface area contributed by atoms with Crippen LogP contribution in [0.3, 0.4) is 0 Å². The normalized spacial score (nSPS) is 18.1. The van der Waals surface area contributed by atoms with Crippen LogP contribution in [0.2, 0.25) is 0 Å². The van der Waals surface area contributed by atoms with Crippen LogP contribution in [0.15, 0.2) is 12.1 Å². The molecule has 0 bridgehead atoms. The molecule has 0 amide bonds. The molecule has 1 saturated carbocycles. The fourth-order valence-corrected chi connectivity index (χ4v) is 2.96. The van der Waals surface area contributed by atoms with E-state index in [0.717, 1.165) is 18.5 Å². The molecule has 3 nitrogen and oxygen atoms in total. The SMILES string of the molecule is Cc1ccc2c(NC3CC3)c3c(nc2c1C)CCOC3. The summed E-state index contributed by atoms with van der Waals surface area (Å²) in [6.45, 7) is 5.82. The highest BCUT2D eigenvalue weighted by molar-refractivity contribution is 5.96. The number of pyridine rings is 1. The summed E-state index contributed by atoms with van der Waals surface area (Å²) < 4.78 is 5.66. The van der Waals surface area contributed by atoms with Gasteiger partial charge in [0.15, 0.2) is 0 Å². The number of fused-ring (bicyclic) bond motifs is 2. The van der Waals surface area contributed by atoms with E-state index in [1.165, 1.54) is 46.3 Å². The predicted molar refractivity (Wildman–Crippen MR) is 81.2 cm³/mol. The Morgan fingerprint density at radius 3 is 2.90 bits per heavy atom. The molecule has 2 aromatic rings. The van der Waals surface area contributed by atoms with Crippen molar-refractivity contribution in [1.82, 2.24) is 4.98 Å². The van der Waals surface area contributed by atoms with Crippen molar-refractivity contribution in [2.75, 3.05) is 11.9 Å². The van der Waals surface area contributed by atoms with Gasteiger partial charge >= 0.3 is 0 Å². The van der Waals surface area contributed by atoms with Gasteiger partial charge in [-0.25, -0.2) is 0 Å². The summed E-state index contributed by atoms with van der Waals surface area (Å²) in [7, 11) is 0. The zero-order valence-corrected chi connectivity index (χ0v) is 12.1. The molecule has 1 aromatic heterocycles. The Balaban J connectivity index is 2.00. The summed E-state index contributed by atoms with van der Waals surface area (Å²) in [5.41, 5.74) is 7.55. The van der Waals surface area contributed by atoms with Crippen molar-refractivity contribution in [2.24, 2.45) is 0 Å². The van der Waals surface area contributed by atoms with Crippen molar-refractivity contribution in [2.45, 2.75) is 45.8 Å². The first-order valence-electron chi connectivity index (χ1n) is 7.50. The van der Waals surface area contributed by atoms with Crippen LogP contribution in [0.25, 0.3) is 10.9 Å². The third-order valence-electron chi connectivity index (χ3n) is 4.52. The van der Waals surface area contributed by atoms with Crippen LogP contribution in [0.4, 0.5) is 5.69 Å². The Hall–Kier alpha value is -1.61. The van der Waals surface area contributed by atoms with Gasteiger partial charge in [0, 0.05) is 23.4 Å². The van der Waals surface area contributed by atoms with E-state index in [1.54, 1.807) is 0 Å². The van der Waals surface area contributed by atoms with Gasteiger partial charge in [0.1, 0.15) is 0 Å². The summed E-state index contributed by atoms with van der Waals surface area (Å²) in [5.74, 6) is 0.